The standard InChI is InChI=1S/C26H27Cl2N3O6.C23H23Cl2N3O4.C3H5ClO2/c1-5-30-25(34)22(13-36-30)31(23(32)14-35-4)24(33)20-7-6-16(8-15(20)2)21-12-26(3,37-29-21)17-9-18(27)11-19(28)10-17;1-4-28-22(30)20(12-31-28)26-21(29)18-6-5-14(7-13(18)2)19-11-23(3,32-27-19)15-8-16(24)10-17(25)9-15;1-6-2-3(4)5/h6-11,22H,5,12-14H2,1-4H3;5-10,20H,4,11-12H2,1-3H3,(H,26,29);2H2,1H3/t22-,26?;20-,23?;/m11./s1. The van der Waals surface area contributed by atoms with Crippen LogP contribution < -0.4 is 5.32 Å². The molecule has 4 aliphatic heterocycles. The Hall–Kier alpha value is -5.67. The molecule has 2 unspecified atom stereocenters. The first-order valence-corrected chi connectivity index (χ1v) is 25.3. The van der Waals surface area contributed by atoms with Gasteiger partial charge in [0.2, 0.25) is 5.24 Å². The van der Waals surface area contributed by atoms with Crippen molar-refractivity contribution < 1.29 is 57.6 Å². The predicted octanol–water partition coefficient (Wildman–Crippen LogP) is 8.75. The van der Waals surface area contributed by atoms with Gasteiger partial charge in [-0.3, -0.25) is 43.3 Å². The Balaban J connectivity index is 0.000000222. The van der Waals surface area contributed by atoms with Crippen LogP contribution >= 0.6 is 58.0 Å². The molecular formula is C52H55Cl5N6O12. The van der Waals surface area contributed by atoms with Gasteiger partial charge in [-0.15, -0.1) is 0 Å². The molecule has 1 N–H and O–H groups in total. The predicted molar refractivity (Wildman–Crippen MR) is 282 cm³/mol. The van der Waals surface area contributed by atoms with Crippen molar-refractivity contribution in [2.45, 2.75) is 77.7 Å². The van der Waals surface area contributed by atoms with Crippen molar-refractivity contribution in [2.24, 2.45) is 10.3 Å². The van der Waals surface area contributed by atoms with Crippen LogP contribution in [0.2, 0.25) is 20.1 Å². The molecule has 8 rings (SSSR count). The number of aryl methyl sites for hydroxylation is 2. The number of benzene rings is 4. The van der Waals surface area contributed by atoms with Crippen molar-refractivity contribution in [3.8, 4) is 0 Å². The quantitative estimate of drug-likeness (QED) is 0.118. The number of halogens is 5. The number of methoxy groups -OCH3 is 2. The SMILES string of the molecule is CCN1OC[C@@H](N(C(=O)COC)C(=O)c2ccc(C3=NOC(C)(c4cc(Cl)cc(Cl)c4)C3)cc2C)C1=O.CCN1OC[C@@H](NC(=O)c2ccc(C3=NOC(C)(c4cc(Cl)cc(Cl)c4)C3)cc2C)C1=O.COCC(=O)Cl. The average Bonchev–Trinajstić information content (AvgIpc) is 4.14. The fourth-order valence-corrected chi connectivity index (χ4v) is 9.58. The minimum atomic E-state index is -1.06. The zero-order chi connectivity index (χ0) is 54.9. The molecule has 23 heteroatoms. The summed E-state index contributed by atoms with van der Waals surface area (Å²) in [4.78, 5) is 96.8. The number of amides is 5. The number of imide groups is 1. The first-order valence-electron chi connectivity index (χ1n) is 23.4. The van der Waals surface area contributed by atoms with Gasteiger partial charge in [-0.2, -0.15) is 0 Å². The van der Waals surface area contributed by atoms with Crippen LogP contribution in [0.1, 0.15) is 94.6 Å². The highest BCUT2D eigenvalue weighted by Gasteiger charge is 2.44. The molecule has 0 aliphatic carbocycles. The number of carbonyl (C=O) groups is 6. The summed E-state index contributed by atoms with van der Waals surface area (Å²) in [5.74, 6) is -2.24. The molecule has 0 bridgehead atoms. The van der Waals surface area contributed by atoms with Crippen LogP contribution in [0, 0.1) is 13.8 Å². The molecule has 75 heavy (non-hydrogen) atoms. The van der Waals surface area contributed by atoms with Crippen molar-refractivity contribution in [3.63, 3.8) is 0 Å². The number of hydroxylamine groups is 4. The second-order valence-corrected chi connectivity index (χ2v) is 20.1. The highest BCUT2D eigenvalue weighted by molar-refractivity contribution is 6.63. The summed E-state index contributed by atoms with van der Waals surface area (Å²) >= 11 is 29.5. The van der Waals surface area contributed by atoms with Crippen LogP contribution in [0.3, 0.4) is 0 Å². The smallest absolute Gasteiger partial charge is 0.271 e. The molecule has 2 saturated heterocycles. The van der Waals surface area contributed by atoms with Gasteiger partial charge in [0.25, 0.3) is 29.5 Å². The zero-order valence-electron chi connectivity index (χ0n) is 42.3. The van der Waals surface area contributed by atoms with E-state index in [9.17, 15) is 28.8 Å². The monoisotopic (exact) mass is 1130 g/mol. The van der Waals surface area contributed by atoms with Crippen molar-refractivity contribution in [3.05, 3.63) is 137 Å². The topological polar surface area (TPSA) is 204 Å². The Morgan fingerprint density at radius 2 is 1.13 bits per heavy atom. The Labute approximate surface area is 458 Å². The number of ether oxygens (including phenoxy) is 2. The van der Waals surface area contributed by atoms with E-state index in [0.717, 1.165) is 43.5 Å². The molecule has 4 aromatic carbocycles. The number of oxime groups is 2. The summed E-state index contributed by atoms with van der Waals surface area (Å²) in [5.41, 5.74) is 5.38. The van der Waals surface area contributed by atoms with Gasteiger partial charge in [0.15, 0.2) is 11.2 Å². The lowest BCUT2D eigenvalue weighted by Crippen LogP contribution is -2.51. The van der Waals surface area contributed by atoms with E-state index < -0.39 is 46.2 Å². The fraction of sp³-hybridized carbons (Fsp3) is 0.385. The second-order valence-electron chi connectivity index (χ2n) is 17.9. The van der Waals surface area contributed by atoms with Crippen LogP contribution in [-0.2, 0) is 59.2 Å². The summed E-state index contributed by atoms with van der Waals surface area (Å²) in [6.07, 6.45) is 0.977. The summed E-state index contributed by atoms with van der Waals surface area (Å²) in [6, 6.07) is 19.4. The van der Waals surface area contributed by atoms with Crippen molar-refractivity contribution in [1.29, 1.82) is 0 Å². The summed E-state index contributed by atoms with van der Waals surface area (Å²) in [7, 11) is 2.77. The lowest BCUT2D eigenvalue weighted by molar-refractivity contribution is -0.161. The number of rotatable bonds is 14. The third-order valence-electron chi connectivity index (χ3n) is 12.3. The first-order chi connectivity index (χ1) is 35.5. The van der Waals surface area contributed by atoms with Gasteiger partial charge in [0, 0.05) is 82.5 Å². The minimum absolute atomic E-state index is 0.00154. The van der Waals surface area contributed by atoms with Gasteiger partial charge < -0.3 is 24.5 Å². The lowest BCUT2D eigenvalue weighted by Gasteiger charge is -2.25. The summed E-state index contributed by atoms with van der Waals surface area (Å²) in [6.45, 7) is 11.4. The third-order valence-corrected chi connectivity index (χ3v) is 13.3. The van der Waals surface area contributed by atoms with Crippen LogP contribution in [0.15, 0.2) is 83.1 Å². The maximum atomic E-state index is 13.5. The molecule has 18 nitrogen and oxygen atoms in total. The Bertz CT molecular complexity index is 2880. The van der Waals surface area contributed by atoms with Gasteiger partial charge in [-0.25, -0.2) is 10.1 Å². The molecule has 0 saturated carbocycles. The molecule has 0 aromatic heterocycles. The van der Waals surface area contributed by atoms with E-state index in [4.69, 9.17) is 82.1 Å². The normalized spacial score (nSPS) is 20.8. The Morgan fingerprint density at radius 1 is 0.680 bits per heavy atom. The van der Waals surface area contributed by atoms with E-state index in [0.29, 0.717) is 62.9 Å². The van der Waals surface area contributed by atoms with Gasteiger partial charge in [-0.05, 0) is 136 Å². The van der Waals surface area contributed by atoms with Crippen molar-refractivity contribution in [2.75, 3.05) is 53.7 Å². The van der Waals surface area contributed by atoms with Gasteiger partial charge in [0.05, 0.1) is 11.4 Å². The van der Waals surface area contributed by atoms with Crippen LogP contribution in [0.4, 0.5) is 0 Å². The summed E-state index contributed by atoms with van der Waals surface area (Å²) < 4.78 is 9.27. The Morgan fingerprint density at radius 3 is 1.53 bits per heavy atom. The zero-order valence-corrected chi connectivity index (χ0v) is 46.0. The maximum absolute atomic E-state index is 13.5. The number of hydrogen-bond acceptors (Lipinski definition) is 14. The molecule has 4 aliphatic rings. The number of carbonyl (C=O) groups excluding carboxylic acids is 6. The highest BCUT2D eigenvalue weighted by atomic mass is 35.5. The lowest BCUT2D eigenvalue weighted by atomic mass is 9.88. The van der Waals surface area contributed by atoms with Crippen LogP contribution in [-0.4, -0.2) is 127 Å². The van der Waals surface area contributed by atoms with E-state index in [1.807, 2.05) is 52.0 Å². The van der Waals surface area contributed by atoms with E-state index >= 15 is 0 Å². The third kappa shape index (κ3) is 14.0. The van der Waals surface area contributed by atoms with Crippen LogP contribution in [0.25, 0.3) is 0 Å². The summed E-state index contributed by atoms with van der Waals surface area (Å²) in [5, 5.41) is 15.3. The first kappa shape index (κ1) is 58.6. The molecule has 0 radical (unpaired) electrons. The largest absolute Gasteiger partial charge is 0.384 e. The second kappa shape index (κ2) is 25.4. The molecule has 4 heterocycles. The Kier molecular flexibility index (Phi) is 19.9. The molecule has 4 atom stereocenters. The average molecular weight is 1130 g/mol. The molecule has 2 fully saturated rings. The molecule has 4 aromatic rings. The number of likely N-dealkylation sites (N-methyl/N-ethyl adjacent to an activating group) is 2. The van der Waals surface area contributed by atoms with Crippen molar-refractivity contribution >= 4 is 104 Å². The maximum Gasteiger partial charge on any atom is 0.271 e. The number of nitrogens with one attached hydrogen (secondary N) is 1. The van der Waals surface area contributed by atoms with Crippen LogP contribution in [0.5, 0.6) is 0 Å². The van der Waals surface area contributed by atoms with E-state index in [2.05, 4.69) is 20.4 Å². The minimum Gasteiger partial charge on any atom is -0.384 e. The van der Waals surface area contributed by atoms with Gasteiger partial charge in [-0.1, -0.05) is 68.8 Å². The fourth-order valence-electron chi connectivity index (χ4n) is 8.42. The van der Waals surface area contributed by atoms with E-state index in [-0.39, 0.29) is 43.8 Å². The van der Waals surface area contributed by atoms with E-state index in [1.165, 1.54) is 19.3 Å². The molecule has 5 amide bonds. The molecule has 0 spiro atoms. The van der Waals surface area contributed by atoms with E-state index in [1.54, 1.807) is 62.4 Å². The molecule has 400 valence electrons. The van der Waals surface area contributed by atoms with Gasteiger partial charge >= 0.3 is 0 Å². The van der Waals surface area contributed by atoms with Crippen molar-refractivity contribution in [1.82, 2.24) is 20.3 Å². The highest BCUT2D eigenvalue weighted by Crippen LogP contribution is 2.40. The van der Waals surface area contributed by atoms with Gasteiger partial charge in [0.1, 0.15) is 38.5 Å². The number of hydrogen-bond donors (Lipinski definition) is 1. The number of nitrogens with zero attached hydrogens (tertiary/aromatic N) is 5. The molecular weight excluding hydrogens is 1080 g/mol.